The molecule has 0 aromatic heterocycles. The van der Waals surface area contributed by atoms with E-state index in [9.17, 15) is 92.2 Å². The molecule has 244 valence electrons. The number of hydrogen-bond acceptors (Lipinski definition) is 0. The first-order valence-electron chi connectivity index (χ1n) is 10.2. The maximum atomic E-state index is 14.4. The van der Waals surface area contributed by atoms with Crippen molar-refractivity contribution in [2.75, 3.05) is 0 Å². The molecule has 0 atom stereocenters. The van der Waals surface area contributed by atoms with Crippen LogP contribution in [0.25, 0.3) is 0 Å². The van der Waals surface area contributed by atoms with Crippen molar-refractivity contribution < 1.29 is 96.6 Å². The quantitative estimate of drug-likeness (QED) is 0.125. The zero-order valence-corrected chi connectivity index (χ0v) is 19.9. The number of allylic oxidation sites excluding steroid dienone is 5. The monoisotopic (exact) mass is 667 g/mol. The normalized spacial score (nSPS) is 18.7. The number of ketones is 1. The molecule has 0 heterocycles. The molecule has 0 bridgehead atoms. The van der Waals surface area contributed by atoms with Crippen molar-refractivity contribution >= 4 is 5.78 Å². The second-order valence-electron chi connectivity index (χ2n) is 8.66. The predicted octanol–water partition coefficient (Wildman–Crippen LogP) is 8.83. The number of halogens is 21. The maximum absolute atomic E-state index is 14.4. The average molecular weight is 667 g/mol. The minimum Gasteiger partial charge on any atom is -0.252 e. The van der Waals surface area contributed by atoms with Gasteiger partial charge < -0.3 is 0 Å². The van der Waals surface area contributed by atoms with E-state index in [2.05, 4.69) is 6.58 Å². The Bertz CT molecular complexity index is 1150. The predicted molar refractivity (Wildman–Crippen MR) is 97.1 cm³/mol. The van der Waals surface area contributed by atoms with E-state index in [1.165, 1.54) is 13.8 Å². The Labute approximate surface area is 219 Å². The molecule has 0 aromatic rings. The number of rotatable bonds is 10. The Kier molecular flexibility index (Phi) is 8.90. The summed E-state index contributed by atoms with van der Waals surface area (Å²) in [5.74, 6) is -78.0. The lowest BCUT2D eigenvalue weighted by molar-refractivity contribution is -0.492. The van der Waals surface area contributed by atoms with Crippen molar-refractivity contribution in [1.29, 1.82) is 0 Å². The highest BCUT2D eigenvalue weighted by Crippen LogP contribution is 2.66. The largest absolute Gasteiger partial charge is 0.460 e. The molecule has 1 aliphatic rings. The van der Waals surface area contributed by atoms with Crippen LogP contribution >= 0.6 is 0 Å². The van der Waals surface area contributed by atoms with Crippen LogP contribution in [0.2, 0.25) is 0 Å². The van der Waals surface area contributed by atoms with Crippen LogP contribution in [0.4, 0.5) is 92.2 Å². The van der Waals surface area contributed by atoms with Gasteiger partial charge in [0.25, 0.3) is 6.10 Å². The SMILES string of the molecule is C=C1C=C(C(F)(F)C(F)(F)C(F)(F)C(F)(F)C(F)(F)C(F)(F)C(F)(F)C(F)(F)C(F)(F)C(F)(F)F)C=CC1=[O+]C(C)C. The van der Waals surface area contributed by atoms with E-state index in [-0.39, 0.29) is 18.2 Å². The van der Waals surface area contributed by atoms with Crippen molar-refractivity contribution in [3.8, 4) is 0 Å². The minimum absolute atomic E-state index is 0.268. The smallest absolute Gasteiger partial charge is 0.252 e. The summed E-state index contributed by atoms with van der Waals surface area (Å²) in [5.41, 5.74) is -3.39. The fourth-order valence-electron chi connectivity index (χ4n) is 2.88. The standard InChI is InChI=1S/C20H12F21O/c1-7(2)42-10-5-4-9(6-8(10)3)11(21,22)12(23,24)13(25,26)14(27,28)15(29,30)16(31,32)17(33,34)18(35,36)19(37,38)20(39,40)41/h4-7H,3H2,1-2H3/q+1. The van der Waals surface area contributed by atoms with Crippen molar-refractivity contribution in [2.45, 2.75) is 79.4 Å². The van der Waals surface area contributed by atoms with E-state index in [1.807, 2.05) is 0 Å². The topological polar surface area (TPSA) is 11.3 Å². The van der Waals surface area contributed by atoms with Crippen LogP contribution in [-0.4, -0.2) is 71.4 Å². The molecule has 0 N–H and O–H groups in total. The van der Waals surface area contributed by atoms with Crippen LogP contribution in [0.15, 0.2) is 36.0 Å². The van der Waals surface area contributed by atoms with Gasteiger partial charge in [-0.2, -0.15) is 92.2 Å². The highest BCUT2D eigenvalue weighted by molar-refractivity contribution is 6.07. The van der Waals surface area contributed by atoms with Gasteiger partial charge in [0.2, 0.25) is 0 Å². The van der Waals surface area contributed by atoms with Crippen LogP contribution < -0.4 is 0 Å². The number of carbonyl (C=O) groups excluding carboxylic acids is 1. The Morgan fingerprint density at radius 3 is 1.10 bits per heavy atom. The molecule has 0 amide bonds. The average Bonchev–Trinajstić information content (AvgIpc) is 2.78. The summed E-state index contributed by atoms with van der Waals surface area (Å²) in [6.45, 7) is 5.53. The summed E-state index contributed by atoms with van der Waals surface area (Å²) in [6.07, 6.45) is -9.12. The van der Waals surface area contributed by atoms with Crippen LogP contribution in [0, 0.1) is 0 Å². The third kappa shape index (κ3) is 4.83. The summed E-state index contributed by atoms with van der Waals surface area (Å²) < 4.78 is 288. The molecule has 42 heavy (non-hydrogen) atoms. The van der Waals surface area contributed by atoms with Crippen LogP contribution in [0.1, 0.15) is 13.8 Å². The molecular weight excluding hydrogens is 655 g/mol. The first-order valence-corrected chi connectivity index (χ1v) is 10.2. The van der Waals surface area contributed by atoms with Gasteiger partial charge in [0.15, 0.2) is 0 Å². The molecule has 1 aliphatic carbocycles. The Balaban J connectivity index is 3.79. The highest BCUT2D eigenvalue weighted by atomic mass is 19.4. The van der Waals surface area contributed by atoms with Gasteiger partial charge >= 0.3 is 65.3 Å². The van der Waals surface area contributed by atoms with Crippen molar-refractivity contribution in [3.63, 3.8) is 0 Å². The molecule has 1 rings (SSSR count). The first-order chi connectivity index (χ1) is 18.1. The zero-order valence-electron chi connectivity index (χ0n) is 19.9. The van der Waals surface area contributed by atoms with E-state index in [0.29, 0.717) is 0 Å². The molecule has 0 unspecified atom stereocenters. The Morgan fingerprint density at radius 2 is 0.810 bits per heavy atom. The van der Waals surface area contributed by atoms with Crippen LogP contribution in [0.5, 0.6) is 0 Å². The van der Waals surface area contributed by atoms with Crippen LogP contribution in [0.3, 0.4) is 0 Å². The van der Waals surface area contributed by atoms with E-state index in [0.717, 1.165) is 0 Å². The van der Waals surface area contributed by atoms with Gasteiger partial charge in [0.1, 0.15) is 0 Å². The molecule has 22 heteroatoms. The van der Waals surface area contributed by atoms with Crippen molar-refractivity contribution in [1.82, 2.24) is 0 Å². The second-order valence-corrected chi connectivity index (χ2v) is 8.66. The van der Waals surface area contributed by atoms with Gasteiger partial charge in [0, 0.05) is 25.5 Å². The summed E-state index contributed by atoms with van der Waals surface area (Å²) >= 11 is 0. The molecule has 0 aromatic carbocycles. The lowest BCUT2D eigenvalue weighted by Crippen LogP contribution is -2.76. The first kappa shape index (κ1) is 37.4. The highest BCUT2D eigenvalue weighted by Gasteiger charge is 2.97. The molecular formula is C20H12F21O+. The van der Waals surface area contributed by atoms with E-state index >= 15 is 0 Å². The van der Waals surface area contributed by atoms with Crippen molar-refractivity contribution in [2.24, 2.45) is 0 Å². The fourth-order valence-corrected chi connectivity index (χ4v) is 2.88. The van der Waals surface area contributed by atoms with Gasteiger partial charge in [-0.25, -0.2) is 0 Å². The molecule has 0 spiro atoms. The lowest BCUT2D eigenvalue weighted by Gasteiger charge is -2.44. The van der Waals surface area contributed by atoms with E-state index in [4.69, 9.17) is 4.42 Å². The lowest BCUT2D eigenvalue weighted by atomic mass is 9.84. The van der Waals surface area contributed by atoms with Gasteiger partial charge in [-0.1, -0.05) is 6.58 Å². The van der Waals surface area contributed by atoms with Gasteiger partial charge in [0.05, 0.1) is 5.57 Å². The molecule has 0 fully saturated rings. The molecule has 1 nitrogen and oxygen atoms in total. The molecule has 0 saturated heterocycles. The van der Waals surface area contributed by atoms with Gasteiger partial charge in [-0.15, -0.1) is 0 Å². The Hall–Kier alpha value is -2.58. The third-order valence-electron chi connectivity index (χ3n) is 5.30. The molecule has 0 saturated carbocycles. The zero-order chi connectivity index (χ0) is 34.1. The van der Waals surface area contributed by atoms with Gasteiger partial charge in [-0.05, 0) is 12.2 Å². The Morgan fingerprint density at radius 1 is 0.500 bits per heavy atom. The summed E-state index contributed by atoms with van der Waals surface area (Å²) in [6, 6.07) is 0. The summed E-state index contributed by atoms with van der Waals surface area (Å²) in [7, 11) is 0. The maximum Gasteiger partial charge on any atom is 0.460 e. The number of hydrogen-bond donors (Lipinski definition) is 0. The summed E-state index contributed by atoms with van der Waals surface area (Å²) in [5, 5.41) is 0. The second kappa shape index (κ2) is 9.98. The fraction of sp³-hybridized carbons (Fsp3) is 0.650. The molecule has 0 radical (unpaired) electrons. The summed E-state index contributed by atoms with van der Waals surface area (Å²) in [4.78, 5) is 0. The van der Waals surface area contributed by atoms with Crippen molar-refractivity contribution in [3.05, 3.63) is 36.0 Å². The number of alkyl halides is 21. The van der Waals surface area contributed by atoms with Crippen LogP contribution in [-0.2, 0) is 4.42 Å². The molecule has 0 aliphatic heterocycles. The van der Waals surface area contributed by atoms with E-state index in [1.54, 1.807) is 0 Å². The third-order valence-corrected chi connectivity index (χ3v) is 5.30. The minimum atomic E-state index is -9.20. The van der Waals surface area contributed by atoms with Gasteiger partial charge in [-0.3, -0.25) is 4.42 Å². The van der Waals surface area contributed by atoms with E-state index < -0.39 is 82.5 Å².